The van der Waals surface area contributed by atoms with Crippen molar-refractivity contribution in [2.75, 3.05) is 5.32 Å². The Bertz CT molecular complexity index is 598. The smallest absolute Gasteiger partial charge is 0.243 e. The van der Waals surface area contributed by atoms with E-state index in [9.17, 15) is 4.79 Å². The van der Waals surface area contributed by atoms with Crippen LogP contribution in [0.5, 0.6) is 0 Å². The van der Waals surface area contributed by atoms with Gasteiger partial charge in [0.2, 0.25) is 5.91 Å². The van der Waals surface area contributed by atoms with E-state index in [4.69, 9.17) is 0 Å². The lowest BCUT2D eigenvalue weighted by molar-refractivity contribution is -0.121. The minimum absolute atomic E-state index is 0.0365. The Morgan fingerprint density at radius 3 is 3.10 bits per heavy atom. The van der Waals surface area contributed by atoms with Gasteiger partial charge in [-0.05, 0) is 18.1 Å². The molecule has 20 heavy (non-hydrogen) atoms. The normalized spacial score (nSPS) is 16.6. The second-order valence-electron chi connectivity index (χ2n) is 4.85. The molecule has 1 unspecified atom stereocenters. The largest absolute Gasteiger partial charge is 0.373 e. The zero-order valence-corrected chi connectivity index (χ0v) is 12.2. The molecule has 0 saturated carbocycles. The summed E-state index contributed by atoms with van der Waals surface area (Å²) in [5, 5.41) is 7.18. The number of aromatic nitrogens is 1. The van der Waals surface area contributed by atoms with E-state index in [0.29, 0.717) is 6.54 Å². The lowest BCUT2D eigenvalue weighted by atomic mass is 10.1. The molecule has 5 heteroatoms. The van der Waals surface area contributed by atoms with Crippen LogP contribution in [0.4, 0.5) is 5.69 Å². The van der Waals surface area contributed by atoms with Gasteiger partial charge in [0.25, 0.3) is 0 Å². The molecule has 3 rings (SSSR count). The molecule has 1 aliphatic heterocycles. The number of hydrogen-bond acceptors (Lipinski definition) is 4. The van der Waals surface area contributed by atoms with Gasteiger partial charge in [-0.3, -0.25) is 4.79 Å². The van der Waals surface area contributed by atoms with Gasteiger partial charge in [-0.25, -0.2) is 4.98 Å². The summed E-state index contributed by atoms with van der Waals surface area (Å²) in [4.78, 5) is 17.7. The Hall–Kier alpha value is -1.88. The van der Waals surface area contributed by atoms with Crippen LogP contribution in [0.3, 0.4) is 0 Å². The van der Waals surface area contributed by atoms with Crippen LogP contribution in [-0.4, -0.2) is 16.9 Å². The first kappa shape index (κ1) is 13.1. The molecule has 0 saturated heterocycles. The van der Waals surface area contributed by atoms with Crippen molar-refractivity contribution >= 4 is 22.9 Å². The third kappa shape index (κ3) is 2.67. The summed E-state index contributed by atoms with van der Waals surface area (Å²) in [6.45, 7) is 2.62. The fourth-order valence-electron chi connectivity index (χ4n) is 2.34. The number of carbonyl (C=O) groups is 1. The number of para-hydroxylation sites is 1. The minimum atomic E-state index is -0.169. The average molecular weight is 287 g/mol. The number of thiazole rings is 1. The van der Waals surface area contributed by atoms with Crippen LogP contribution in [0.2, 0.25) is 0 Å². The number of nitrogens with zero attached hydrogens (tertiary/aromatic N) is 1. The Labute approximate surface area is 122 Å². The molecule has 1 aromatic carbocycles. The summed E-state index contributed by atoms with van der Waals surface area (Å²) in [5.41, 5.74) is 2.27. The molecule has 0 bridgehead atoms. The maximum Gasteiger partial charge on any atom is 0.243 e. The number of rotatable bonds is 4. The van der Waals surface area contributed by atoms with Crippen LogP contribution in [0.1, 0.15) is 22.4 Å². The van der Waals surface area contributed by atoms with Gasteiger partial charge in [-0.15, -0.1) is 11.3 Å². The van der Waals surface area contributed by atoms with Crippen molar-refractivity contribution < 1.29 is 4.79 Å². The van der Waals surface area contributed by atoms with E-state index < -0.39 is 0 Å². The van der Waals surface area contributed by atoms with Crippen molar-refractivity contribution in [3.05, 3.63) is 45.9 Å². The molecule has 0 aliphatic carbocycles. The van der Waals surface area contributed by atoms with E-state index in [1.165, 1.54) is 10.4 Å². The first-order valence-electron chi connectivity index (χ1n) is 6.82. The summed E-state index contributed by atoms with van der Waals surface area (Å²) in [5.74, 6) is 0.0365. The monoisotopic (exact) mass is 287 g/mol. The summed E-state index contributed by atoms with van der Waals surface area (Å²) < 4.78 is 0. The number of hydrogen-bond donors (Lipinski definition) is 2. The Balaban J connectivity index is 1.56. The van der Waals surface area contributed by atoms with Crippen LogP contribution < -0.4 is 10.6 Å². The predicted octanol–water partition coefficient (Wildman–Crippen LogP) is 2.36. The van der Waals surface area contributed by atoms with Crippen LogP contribution >= 0.6 is 11.3 Å². The summed E-state index contributed by atoms with van der Waals surface area (Å²) in [6, 6.07) is 7.88. The molecular weight excluding hydrogens is 270 g/mol. The minimum Gasteiger partial charge on any atom is -0.373 e. The zero-order valence-electron chi connectivity index (χ0n) is 11.3. The average Bonchev–Trinajstić information content (AvgIpc) is 3.10. The third-order valence-electron chi connectivity index (χ3n) is 3.45. The highest BCUT2D eigenvalue weighted by atomic mass is 32.1. The molecule has 1 aliphatic rings. The fraction of sp³-hybridized carbons (Fsp3) is 0.333. The number of anilines is 1. The molecule has 0 radical (unpaired) electrons. The highest BCUT2D eigenvalue weighted by Gasteiger charge is 2.26. The highest BCUT2D eigenvalue weighted by molar-refractivity contribution is 7.11. The van der Waals surface area contributed by atoms with Crippen LogP contribution in [-0.2, 0) is 24.2 Å². The van der Waals surface area contributed by atoms with Gasteiger partial charge in [0.15, 0.2) is 0 Å². The van der Waals surface area contributed by atoms with Crippen molar-refractivity contribution in [3.8, 4) is 0 Å². The number of nitrogens with one attached hydrogen (secondary N) is 2. The van der Waals surface area contributed by atoms with Gasteiger partial charge in [-0.1, -0.05) is 25.1 Å². The third-order valence-corrected chi connectivity index (χ3v) is 4.59. The van der Waals surface area contributed by atoms with Gasteiger partial charge in [-0.2, -0.15) is 0 Å². The van der Waals surface area contributed by atoms with E-state index in [2.05, 4.69) is 28.6 Å². The SMILES string of the molecule is CCc1cnc(CNC(=O)C2Cc3ccccc3N2)s1. The molecule has 4 nitrogen and oxygen atoms in total. The number of benzene rings is 1. The van der Waals surface area contributed by atoms with Crippen molar-refractivity contribution in [1.82, 2.24) is 10.3 Å². The van der Waals surface area contributed by atoms with Crippen molar-refractivity contribution in [3.63, 3.8) is 0 Å². The quantitative estimate of drug-likeness (QED) is 0.907. The predicted molar refractivity (Wildman–Crippen MR) is 80.9 cm³/mol. The molecular formula is C15H17N3OS. The van der Waals surface area contributed by atoms with Gasteiger partial charge < -0.3 is 10.6 Å². The van der Waals surface area contributed by atoms with Crippen molar-refractivity contribution in [2.24, 2.45) is 0 Å². The Morgan fingerprint density at radius 1 is 1.50 bits per heavy atom. The van der Waals surface area contributed by atoms with Crippen LogP contribution in [0.25, 0.3) is 0 Å². The first-order chi connectivity index (χ1) is 9.76. The molecule has 2 N–H and O–H groups in total. The number of fused-ring (bicyclic) bond motifs is 1. The number of amides is 1. The highest BCUT2D eigenvalue weighted by Crippen LogP contribution is 2.25. The van der Waals surface area contributed by atoms with E-state index in [-0.39, 0.29) is 11.9 Å². The van der Waals surface area contributed by atoms with E-state index in [0.717, 1.165) is 23.5 Å². The maximum absolute atomic E-state index is 12.2. The first-order valence-corrected chi connectivity index (χ1v) is 7.63. The van der Waals surface area contributed by atoms with E-state index >= 15 is 0 Å². The van der Waals surface area contributed by atoms with Gasteiger partial charge in [0.05, 0.1) is 6.54 Å². The van der Waals surface area contributed by atoms with Crippen molar-refractivity contribution in [2.45, 2.75) is 32.4 Å². The van der Waals surface area contributed by atoms with Gasteiger partial charge >= 0.3 is 0 Å². The van der Waals surface area contributed by atoms with E-state index in [1.807, 2.05) is 24.4 Å². The second kappa shape index (κ2) is 5.63. The molecule has 1 aromatic heterocycles. The number of aryl methyl sites for hydroxylation is 1. The summed E-state index contributed by atoms with van der Waals surface area (Å²) in [7, 11) is 0. The summed E-state index contributed by atoms with van der Waals surface area (Å²) in [6.07, 6.45) is 3.63. The molecule has 0 spiro atoms. The number of carbonyl (C=O) groups excluding carboxylic acids is 1. The Morgan fingerprint density at radius 2 is 2.35 bits per heavy atom. The van der Waals surface area contributed by atoms with Gasteiger partial charge in [0.1, 0.15) is 11.0 Å². The molecule has 104 valence electrons. The molecule has 0 fully saturated rings. The van der Waals surface area contributed by atoms with Crippen molar-refractivity contribution in [1.29, 1.82) is 0 Å². The van der Waals surface area contributed by atoms with E-state index in [1.54, 1.807) is 11.3 Å². The second-order valence-corrected chi connectivity index (χ2v) is 6.05. The molecule has 1 amide bonds. The van der Waals surface area contributed by atoms with Crippen LogP contribution in [0.15, 0.2) is 30.5 Å². The van der Waals surface area contributed by atoms with Crippen LogP contribution in [0, 0.1) is 0 Å². The lowest BCUT2D eigenvalue weighted by Gasteiger charge is -2.10. The lowest BCUT2D eigenvalue weighted by Crippen LogP contribution is -2.37. The Kier molecular flexibility index (Phi) is 3.69. The fourth-order valence-corrected chi connectivity index (χ4v) is 3.14. The molecule has 2 aromatic rings. The summed E-state index contributed by atoms with van der Waals surface area (Å²) >= 11 is 1.66. The zero-order chi connectivity index (χ0) is 13.9. The standard InChI is InChI=1S/C15H17N3OS/c1-2-11-8-16-14(20-11)9-17-15(19)13-7-10-5-3-4-6-12(10)18-13/h3-6,8,13,18H,2,7,9H2,1H3,(H,17,19). The topological polar surface area (TPSA) is 54.0 Å². The molecule has 2 heterocycles. The van der Waals surface area contributed by atoms with Gasteiger partial charge in [0, 0.05) is 23.2 Å². The molecule has 1 atom stereocenters. The maximum atomic E-state index is 12.2.